The molecule has 0 heterocycles. The van der Waals surface area contributed by atoms with Crippen molar-refractivity contribution in [3.05, 3.63) is 29.3 Å². The van der Waals surface area contributed by atoms with E-state index in [0.29, 0.717) is 17.8 Å². The molecule has 1 aromatic rings. The molecule has 1 unspecified atom stereocenters. The first kappa shape index (κ1) is 9.78. The van der Waals surface area contributed by atoms with E-state index >= 15 is 0 Å². The van der Waals surface area contributed by atoms with E-state index in [1.807, 2.05) is 6.07 Å². The molecule has 0 aromatic heterocycles. The van der Waals surface area contributed by atoms with Gasteiger partial charge in [-0.25, -0.2) is 0 Å². The third kappa shape index (κ3) is 2.08. The zero-order valence-electron chi connectivity index (χ0n) is 7.95. The Morgan fingerprint density at radius 3 is 2.69 bits per heavy atom. The average Bonchev–Trinajstić information content (AvgIpc) is 2.16. The molecule has 0 aliphatic heterocycles. The van der Waals surface area contributed by atoms with Crippen LogP contribution in [0.2, 0.25) is 0 Å². The Labute approximate surface area is 78.2 Å². The summed E-state index contributed by atoms with van der Waals surface area (Å²) in [4.78, 5) is 10.4. The van der Waals surface area contributed by atoms with Gasteiger partial charge in [-0.2, -0.15) is 0 Å². The third-order valence-electron chi connectivity index (χ3n) is 2.36. The first-order valence-corrected chi connectivity index (χ1v) is 4.47. The van der Waals surface area contributed by atoms with Crippen LogP contribution in [-0.2, 0) is 0 Å². The molecule has 1 rings (SSSR count). The van der Waals surface area contributed by atoms with Gasteiger partial charge in [0.15, 0.2) is 6.29 Å². The Hall–Kier alpha value is -1.31. The van der Waals surface area contributed by atoms with Crippen LogP contribution in [0.1, 0.15) is 42.1 Å². The van der Waals surface area contributed by atoms with E-state index in [2.05, 4.69) is 13.8 Å². The average molecular weight is 178 g/mol. The predicted molar refractivity (Wildman–Crippen MR) is 52.2 cm³/mol. The van der Waals surface area contributed by atoms with Crippen LogP contribution in [0.4, 0.5) is 0 Å². The number of benzene rings is 1. The molecule has 1 atom stereocenters. The molecule has 0 bridgehead atoms. The van der Waals surface area contributed by atoms with Gasteiger partial charge < -0.3 is 5.11 Å². The van der Waals surface area contributed by atoms with Gasteiger partial charge in [-0.3, -0.25) is 4.79 Å². The number of carbonyl (C=O) groups is 1. The lowest BCUT2D eigenvalue weighted by atomic mass is 9.97. The highest BCUT2D eigenvalue weighted by molar-refractivity contribution is 5.79. The van der Waals surface area contributed by atoms with Crippen LogP contribution in [-0.4, -0.2) is 11.4 Å². The summed E-state index contributed by atoms with van der Waals surface area (Å²) in [5.74, 6) is 0.499. The molecule has 0 fully saturated rings. The third-order valence-corrected chi connectivity index (χ3v) is 2.36. The molecule has 1 aromatic carbocycles. The van der Waals surface area contributed by atoms with Gasteiger partial charge in [0, 0.05) is 0 Å². The second kappa shape index (κ2) is 4.08. The molecule has 2 nitrogen and oxygen atoms in total. The number of carbonyl (C=O) groups excluding carboxylic acids is 1. The quantitative estimate of drug-likeness (QED) is 0.722. The van der Waals surface area contributed by atoms with Crippen LogP contribution in [0.5, 0.6) is 5.75 Å². The van der Waals surface area contributed by atoms with Gasteiger partial charge in [-0.1, -0.05) is 19.9 Å². The number of aromatic hydroxyl groups is 1. The highest BCUT2D eigenvalue weighted by Gasteiger charge is 2.06. The summed E-state index contributed by atoms with van der Waals surface area (Å²) in [6.07, 6.45) is 1.69. The van der Waals surface area contributed by atoms with Gasteiger partial charge in [0.2, 0.25) is 0 Å². The van der Waals surface area contributed by atoms with Crippen molar-refractivity contribution in [2.45, 2.75) is 26.2 Å². The normalized spacial score (nSPS) is 12.5. The fourth-order valence-electron chi connectivity index (χ4n) is 1.20. The summed E-state index contributed by atoms with van der Waals surface area (Å²) >= 11 is 0. The molecule has 1 N–H and O–H groups in total. The van der Waals surface area contributed by atoms with Gasteiger partial charge in [-0.15, -0.1) is 0 Å². The van der Waals surface area contributed by atoms with Crippen molar-refractivity contribution >= 4 is 6.29 Å². The highest BCUT2D eigenvalue weighted by atomic mass is 16.3. The Balaban J connectivity index is 3.02. The molecule has 0 amide bonds. The maximum absolute atomic E-state index is 10.4. The molecule has 0 aliphatic rings. The minimum absolute atomic E-state index is 0.0767. The van der Waals surface area contributed by atoms with E-state index in [4.69, 9.17) is 0 Å². The van der Waals surface area contributed by atoms with Crippen LogP contribution < -0.4 is 0 Å². The van der Waals surface area contributed by atoms with E-state index in [1.54, 1.807) is 12.1 Å². The Bertz CT molecular complexity index is 305. The molecule has 0 aliphatic carbocycles. The number of hydrogen-bond donors (Lipinski definition) is 1. The van der Waals surface area contributed by atoms with Crippen LogP contribution in [0.15, 0.2) is 18.2 Å². The van der Waals surface area contributed by atoms with Crippen molar-refractivity contribution in [3.8, 4) is 5.75 Å². The van der Waals surface area contributed by atoms with Gasteiger partial charge in [0.1, 0.15) is 5.75 Å². The fraction of sp³-hybridized carbons (Fsp3) is 0.364. The van der Waals surface area contributed by atoms with E-state index in [1.165, 1.54) is 0 Å². The molecule has 0 spiro atoms. The molecule has 70 valence electrons. The summed E-state index contributed by atoms with van der Waals surface area (Å²) in [7, 11) is 0. The van der Waals surface area contributed by atoms with E-state index < -0.39 is 0 Å². The topological polar surface area (TPSA) is 37.3 Å². The van der Waals surface area contributed by atoms with Crippen molar-refractivity contribution in [2.24, 2.45) is 0 Å². The highest BCUT2D eigenvalue weighted by Crippen LogP contribution is 2.24. The zero-order valence-corrected chi connectivity index (χ0v) is 7.95. The Morgan fingerprint density at radius 2 is 2.23 bits per heavy atom. The second-order valence-corrected chi connectivity index (χ2v) is 3.25. The summed E-state index contributed by atoms with van der Waals surface area (Å²) in [5.41, 5.74) is 1.43. The number of aldehydes is 1. The number of phenols is 1. The second-order valence-electron chi connectivity index (χ2n) is 3.25. The molecular formula is C11H14O2. The van der Waals surface area contributed by atoms with E-state index in [-0.39, 0.29) is 5.75 Å². The summed E-state index contributed by atoms with van der Waals surface area (Å²) in [6.45, 7) is 4.19. The van der Waals surface area contributed by atoms with E-state index in [0.717, 1.165) is 12.0 Å². The van der Waals surface area contributed by atoms with Gasteiger partial charge in [0.05, 0.1) is 5.56 Å². The molecule has 0 saturated carbocycles. The summed E-state index contributed by atoms with van der Waals surface area (Å²) in [5, 5.41) is 9.40. The van der Waals surface area contributed by atoms with Crippen LogP contribution in [0.3, 0.4) is 0 Å². The molecule has 2 heteroatoms. The zero-order chi connectivity index (χ0) is 9.84. The monoisotopic (exact) mass is 178 g/mol. The molecule has 13 heavy (non-hydrogen) atoms. The maximum Gasteiger partial charge on any atom is 0.153 e. The smallest absolute Gasteiger partial charge is 0.153 e. The Morgan fingerprint density at radius 1 is 1.54 bits per heavy atom. The molecular weight excluding hydrogens is 164 g/mol. The van der Waals surface area contributed by atoms with Crippen LogP contribution >= 0.6 is 0 Å². The standard InChI is InChI=1S/C11H14O2/c1-3-8(2)9-4-5-10(7-12)11(13)6-9/h4-8,13H,3H2,1-2H3. The van der Waals surface area contributed by atoms with Gasteiger partial charge in [0.25, 0.3) is 0 Å². The first-order chi connectivity index (χ1) is 6.19. The molecule has 0 saturated heterocycles. The maximum atomic E-state index is 10.4. The molecule has 0 radical (unpaired) electrons. The van der Waals surface area contributed by atoms with Crippen molar-refractivity contribution < 1.29 is 9.90 Å². The van der Waals surface area contributed by atoms with Gasteiger partial charge >= 0.3 is 0 Å². The van der Waals surface area contributed by atoms with Crippen LogP contribution in [0, 0.1) is 0 Å². The SMILES string of the molecule is CCC(C)c1ccc(C=O)c(O)c1. The van der Waals surface area contributed by atoms with Gasteiger partial charge in [-0.05, 0) is 30.0 Å². The van der Waals surface area contributed by atoms with E-state index in [9.17, 15) is 9.90 Å². The number of rotatable bonds is 3. The first-order valence-electron chi connectivity index (χ1n) is 4.47. The lowest BCUT2D eigenvalue weighted by Gasteiger charge is -2.09. The van der Waals surface area contributed by atoms with Crippen molar-refractivity contribution in [2.75, 3.05) is 0 Å². The van der Waals surface area contributed by atoms with Crippen LogP contribution in [0.25, 0.3) is 0 Å². The Kier molecular flexibility index (Phi) is 3.07. The predicted octanol–water partition coefficient (Wildman–Crippen LogP) is 2.72. The van der Waals surface area contributed by atoms with Crippen molar-refractivity contribution in [1.82, 2.24) is 0 Å². The minimum atomic E-state index is 0.0767. The lowest BCUT2D eigenvalue weighted by molar-refractivity contribution is 0.112. The minimum Gasteiger partial charge on any atom is -0.507 e. The summed E-state index contributed by atoms with van der Waals surface area (Å²) < 4.78 is 0. The summed E-state index contributed by atoms with van der Waals surface area (Å²) in [6, 6.07) is 5.21. The number of hydrogen-bond acceptors (Lipinski definition) is 2. The lowest BCUT2D eigenvalue weighted by Crippen LogP contribution is -1.92. The number of phenolic OH excluding ortho intramolecular Hbond substituents is 1. The fourth-order valence-corrected chi connectivity index (χ4v) is 1.20. The van der Waals surface area contributed by atoms with Crippen molar-refractivity contribution in [3.63, 3.8) is 0 Å². The van der Waals surface area contributed by atoms with Crippen molar-refractivity contribution in [1.29, 1.82) is 0 Å². The largest absolute Gasteiger partial charge is 0.507 e.